The van der Waals surface area contributed by atoms with Crippen LogP contribution in [0.15, 0.2) is 30.3 Å². The normalized spacial score (nSPS) is 11.9. The van der Waals surface area contributed by atoms with Crippen LogP contribution in [-0.2, 0) is 4.74 Å². The van der Waals surface area contributed by atoms with Crippen molar-refractivity contribution in [2.45, 2.75) is 26.4 Å². The highest BCUT2D eigenvalue weighted by Gasteiger charge is 2.14. The van der Waals surface area contributed by atoms with Gasteiger partial charge < -0.3 is 10.1 Å². The van der Waals surface area contributed by atoms with E-state index >= 15 is 0 Å². The Morgan fingerprint density at radius 2 is 2.15 bits per heavy atom. The van der Waals surface area contributed by atoms with E-state index in [2.05, 4.69) is 10.3 Å². The fourth-order valence-electron chi connectivity index (χ4n) is 1.58. The van der Waals surface area contributed by atoms with Crippen molar-refractivity contribution in [3.8, 4) is 0 Å². The molecule has 0 bridgehead atoms. The summed E-state index contributed by atoms with van der Waals surface area (Å²) in [7, 11) is 0. The smallest absolute Gasteiger partial charge is 0.407 e. The number of nitrogens with one attached hydrogen (secondary N) is 1. The molecule has 5 heteroatoms. The highest BCUT2D eigenvalue weighted by molar-refractivity contribution is 7.19. The summed E-state index contributed by atoms with van der Waals surface area (Å²) in [6, 6.07) is 8.00. The fourth-order valence-corrected chi connectivity index (χ4v) is 2.48. The molecule has 1 aromatic heterocycles. The van der Waals surface area contributed by atoms with Crippen LogP contribution in [0.1, 0.15) is 25.8 Å². The lowest BCUT2D eigenvalue weighted by Crippen LogP contribution is -2.32. The Morgan fingerprint density at radius 3 is 2.85 bits per heavy atom. The van der Waals surface area contributed by atoms with Crippen molar-refractivity contribution in [3.63, 3.8) is 0 Å². The van der Waals surface area contributed by atoms with Crippen molar-refractivity contribution in [3.05, 3.63) is 35.3 Å². The van der Waals surface area contributed by atoms with Crippen molar-refractivity contribution in [1.82, 2.24) is 10.3 Å². The number of ether oxygens (including phenoxy) is 1. The first kappa shape index (κ1) is 14.5. The predicted octanol–water partition coefficient (Wildman–Crippen LogP) is 3.83. The number of aromatic nitrogens is 1. The molecule has 1 heterocycles. The number of rotatable bonds is 3. The Morgan fingerprint density at radius 1 is 1.40 bits per heavy atom. The van der Waals surface area contributed by atoms with Crippen molar-refractivity contribution in [1.29, 1.82) is 0 Å². The zero-order valence-corrected chi connectivity index (χ0v) is 12.7. The summed E-state index contributed by atoms with van der Waals surface area (Å²) in [5.74, 6) is 0. The van der Waals surface area contributed by atoms with E-state index in [9.17, 15) is 4.79 Å². The first-order valence-corrected chi connectivity index (χ1v) is 7.25. The first-order valence-electron chi connectivity index (χ1n) is 6.43. The minimum atomic E-state index is -0.471. The second-order valence-corrected chi connectivity index (χ2v) is 6.37. The van der Waals surface area contributed by atoms with E-state index < -0.39 is 11.7 Å². The van der Waals surface area contributed by atoms with E-state index in [0.717, 1.165) is 15.2 Å². The van der Waals surface area contributed by atoms with Gasteiger partial charge in [-0.2, -0.15) is 0 Å². The number of nitrogens with zero attached hydrogens (tertiary/aromatic N) is 1. The molecule has 0 aliphatic rings. The van der Waals surface area contributed by atoms with Crippen LogP contribution in [0.25, 0.3) is 16.3 Å². The van der Waals surface area contributed by atoms with E-state index in [-0.39, 0.29) is 0 Å². The van der Waals surface area contributed by atoms with Gasteiger partial charge >= 0.3 is 6.09 Å². The van der Waals surface area contributed by atoms with Crippen molar-refractivity contribution in [2.75, 3.05) is 6.54 Å². The largest absolute Gasteiger partial charge is 0.444 e. The van der Waals surface area contributed by atoms with Gasteiger partial charge in [-0.05, 0) is 39.0 Å². The number of fused-ring (bicyclic) bond motifs is 1. The Kier molecular flexibility index (Phi) is 4.39. The van der Waals surface area contributed by atoms with Crippen LogP contribution in [-0.4, -0.2) is 23.2 Å². The van der Waals surface area contributed by atoms with Gasteiger partial charge in [0, 0.05) is 6.54 Å². The molecule has 0 saturated carbocycles. The SMILES string of the molecule is CC(C)(C)OC(=O)NCC=Cc1nc2ccccc2s1. The summed E-state index contributed by atoms with van der Waals surface area (Å²) in [6.45, 7) is 5.93. The summed E-state index contributed by atoms with van der Waals surface area (Å²) >= 11 is 1.62. The highest BCUT2D eigenvalue weighted by atomic mass is 32.1. The van der Waals surface area contributed by atoms with Gasteiger partial charge in [-0.1, -0.05) is 18.2 Å². The summed E-state index contributed by atoms with van der Waals surface area (Å²) in [4.78, 5) is 15.9. The third-order valence-corrected chi connectivity index (χ3v) is 3.34. The maximum absolute atomic E-state index is 11.4. The number of benzene rings is 1. The summed E-state index contributed by atoms with van der Waals surface area (Å²) in [5.41, 5.74) is 0.526. The summed E-state index contributed by atoms with van der Waals surface area (Å²) in [5, 5.41) is 3.60. The van der Waals surface area contributed by atoms with Gasteiger partial charge in [-0.3, -0.25) is 0 Å². The Bertz CT molecular complexity index is 593. The number of alkyl carbamates (subject to hydrolysis) is 1. The van der Waals surface area contributed by atoms with Crippen LogP contribution in [0.3, 0.4) is 0 Å². The minimum Gasteiger partial charge on any atom is -0.444 e. The summed E-state index contributed by atoms with van der Waals surface area (Å²) in [6.07, 6.45) is 3.36. The van der Waals surface area contributed by atoms with Crippen LogP contribution >= 0.6 is 11.3 Å². The fraction of sp³-hybridized carbons (Fsp3) is 0.333. The lowest BCUT2D eigenvalue weighted by atomic mass is 10.2. The van der Waals surface area contributed by atoms with Gasteiger partial charge in [-0.15, -0.1) is 11.3 Å². The second-order valence-electron chi connectivity index (χ2n) is 5.30. The van der Waals surface area contributed by atoms with Crippen LogP contribution in [0, 0.1) is 0 Å². The molecular weight excluding hydrogens is 272 g/mol. The molecule has 0 saturated heterocycles. The Balaban J connectivity index is 1.86. The predicted molar refractivity (Wildman–Crippen MR) is 82.9 cm³/mol. The van der Waals surface area contributed by atoms with E-state index in [1.807, 2.05) is 57.2 Å². The topological polar surface area (TPSA) is 51.2 Å². The maximum Gasteiger partial charge on any atom is 0.407 e. The van der Waals surface area contributed by atoms with E-state index in [0.29, 0.717) is 6.54 Å². The quantitative estimate of drug-likeness (QED) is 0.934. The minimum absolute atomic E-state index is 0.411. The maximum atomic E-state index is 11.4. The van der Waals surface area contributed by atoms with Gasteiger partial charge in [-0.25, -0.2) is 9.78 Å². The third kappa shape index (κ3) is 4.35. The molecule has 1 aromatic carbocycles. The van der Waals surface area contributed by atoms with Gasteiger partial charge in [0.15, 0.2) is 0 Å². The average Bonchev–Trinajstić information content (AvgIpc) is 2.75. The molecule has 20 heavy (non-hydrogen) atoms. The Hall–Kier alpha value is -1.88. The Labute approximate surface area is 122 Å². The molecule has 0 radical (unpaired) electrons. The number of hydrogen-bond acceptors (Lipinski definition) is 4. The average molecular weight is 290 g/mol. The molecular formula is C15H18N2O2S. The molecule has 0 spiro atoms. The van der Waals surface area contributed by atoms with Crippen molar-refractivity contribution in [2.24, 2.45) is 0 Å². The molecule has 4 nitrogen and oxygen atoms in total. The molecule has 1 N–H and O–H groups in total. The molecule has 2 aromatic rings. The molecule has 0 fully saturated rings. The number of amides is 1. The van der Waals surface area contributed by atoms with Crippen LogP contribution < -0.4 is 5.32 Å². The van der Waals surface area contributed by atoms with Gasteiger partial charge in [0.25, 0.3) is 0 Å². The van der Waals surface area contributed by atoms with Gasteiger partial charge in [0.05, 0.1) is 10.2 Å². The highest BCUT2D eigenvalue weighted by Crippen LogP contribution is 2.22. The first-order chi connectivity index (χ1) is 9.44. The molecule has 106 valence electrons. The molecule has 2 rings (SSSR count). The summed E-state index contributed by atoms with van der Waals surface area (Å²) < 4.78 is 6.30. The zero-order valence-electron chi connectivity index (χ0n) is 11.8. The second kappa shape index (κ2) is 6.05. The third-order valence-electron chi connectivity index (χ3n) is 2.33. The molecule has 0 unspecified atom stereocenters. The number of thiazole rings is 1. The van der Waals surface area contributed by atoms with Crippen molar-refractivity contribution >= 4 is 33.7 Å². The van der Waals surface area contributed by atoms with Crippen molar-refractivity contribution < 1.29 is 9.53 Å². The lowest BCUT2D eigenvalue weighted by molar-refractivity contribution is 0.0534. The van der Waals surface area contributed by atoms with Gasteiger partial charge in [0.1, 0.15) is 10.6 Å². The number of carbonyl (C=O) groups is 1. The molecule has 0 atom stereocenters. The number of carbonyl (C=O) groups excluding carboxylic acids is 1. The molecule has 0 aliphatic heterocycles. The number of para-hydroxylation sites is 1. The monoisotopic (exact) mass is 290 g/mol. The molecule has 0 aliphatic carbocycles. The van der Waals surface area contributed by atoms with Crippen LogP contribution in [0.4, 0.5) is 4.79 Å². The van der Waals surface area contributed by atoms with Gasteiger partial charge in [0.2, 0.25) is 0 Å². The van der Waals surface area contributed by atoms with E-state index in [1.54, 1.807) is 11.3 Å². The lowest BCUT2D eigenvalue weighted by Gasteiger charge is -2.19. The standard InChI is InChI=1S/C15H18N2O2S/c1-15(2,3)19-14(18)16-10-6-9-13-17-11-7-4-5-8-12(11)20-13/h4-9H,10H2,1-3H3,(H,16,18). The van der Waals surface area contributed by atoms with E-state index in [1.165, 1.54) is 0 Å². The van der Waals surface area contributed by atoms with Crippen LogP contribution in [0.2, 0.25) is 0 Å². The number of hydrogen-bond donors (Lipinski definition) is 1. The zero-order chi connectivity index (χ0) is 14.6. The molecule has 1 amide bonds. The van der Waals surface area contributed by atoms with Crippen LogP contribution in [0.5, 0.6) is 0 Å². The van der Waals surface area contributed by atoms with E-state index in [4.69, 9.17) is 4.74 Å².